The number of fused-ring (bicyclic) bond motifs is 1. The number of benzene rings is 3. The van der Waals surface area contributed by atoms with E-state index in [2.05, 4.69) is 5.32 Å². The lowest BCUT2D eigenvalue weighted by atomic mass is 9.77. The van der Waals surface area contributed by atoms with Crippen LogP contribution in [0.5, 0.6) is 17.2 Å². The van der Waals surface area contributed by atoms with E-state index in [9.17, 15) is 19.8 Å². The molecule has 1 amide bonds. The van der Waals surface area contributed by atoms with Crippen LogP contribution < -0.4 is 24.4 Å². The van der Waals surface area contributed by atoms with E-state index in [0.29, 0.717) is 33.3 Å². The predicted molar refractivity (Wildman–Crippen MR) is 138 cm³/mol. The number of carboxylic acids is 1. The third-order valence-corrected chi connectivity index (χ3v) is 6.48. The van der Waals surface area contributed by atoms with Crippen molar-refractivity contribution < 1.29 is 34.0 Å². The van der Waals surface area contributed by atoms with Crippen LogP contribution in [-0.4, -0.2) is 62.1 Å². The maximum atomic E-state index is 13.2. The number of hydrogen-bond donors (Lipinski definition) is 3. The molecule has 0 spiro atoms. The third kappa shape index (κ3) is 5.06. The number of aliphatic carboxylic acids is 1. The Morgan fingerprint density at radius 3 is 2.30 bits per heavy atom. The second-order valence-electron chi connectivity index (χ2n) is 8.34. The molecule has 0 saturated carbocycles. The fourth-order valence-corrected chi connectivity index (χ4v) is 4.77. The molecule has 4 rings (SSSR count). The minimum Gasteiger partial charge on any atom is -0.496 e. The van der Waals surface area contributed by atoms with Crippen molar-refractivity contribution in [1.29, 1.82) is 0 Å². The topological polar surface area (TPSA) is 118 Å². The molecule has 3 aromatic rings. The fraction of sp³-hybridized carbons (Fsp3) is 0.259. The number of amides is 1. The first-order chi connectivity index (χ1) is 17.8. The second-order valence-corrected chi connectivity index (χ2v) is 8.78. The summed E-state index contributed by atoms with van der Waals surface area (Å²) in [5.74, 6) is -0.621. The first-order valence-corrected chi connectivity index (χ1v) is 11.9. The molecule has 1 aliphatic rings. The number of carboxylic acid groups (broad SMARTS) is 1. The van der Waals surface area contributed by atoms with Gasteiger partial charge in [0.25, 0.3) is 0 Å². The predicted octanol–water partition coefficient (Wildman–Crippen LogP) is 3.06. The molecule has 3 N–H and O–H groups in total. The quantitative estimate of drug-likeness (QED) is 0.389. The number of rotatable bonds is 9. The van der Waals surface area contributed by atoms with E-state index in [0.717, 1.165) is 0 Å². The molecular formula is C27H27ClN2O7. The molecule has 2 atom stereocenters. The van der Waals surface area contributed by atoms with Gasteiger partial charge in [0.2, 0.25) is 12.0 Å². The number of nitrogens with one attached hydrogen (secondary N) is 1. The highest BCUT2D eigenvalue weighted by molar-refractivity contribution is 6.30. The lowest BCUT2D eigenvalue weighted by molar-refractivity contribution is -0.149. The number of carbonyl (C=O) groups is 2. The summed E-state index contributed by atoms with van der Waals surface area (Å²) < 4.78 is 16.8. The van der Waals surface area contributed by atoms with Gasteiger partial charge in [-0.3, -0.25) is 10.1 Å². The van der Waals surface area contributed by atoms with Crippen molar-refractivity contribution in [2.75, 3.05) is 38.8 Å². The van der Waals surface area contributed by atoms with E-state index >= 15 is 0 Å². The number of aliphatic hydroxyl groups excluding tert-OH is 1. The Morgan fingerprint density at radius 2 is 1.70 bits per heavy atom. The van der Waals surface area contributed by atoms with Gasteiger partial charge in [0, 0.05) is 41.0 Å². The van der Waals surface area contributed by atoms with Crippen LogP contribution in [0.3, 0.4) is 0 Å². The molecule has 0 unspecified atom stereocenters. The first kappa shape index (κ1) is 26.3. The van der Waals surface area contributed by atoms with Crippen molar-refractivity contribution in [2.24, 2.45) is 0 Å². The number of methoxy groups -OCH3 is 2. The maximum absolute atomic E-state index is 13.2. The standard InChI is InChI=1S/C27H27ClN2O7/c1-35-19-13-20(36-2)15-21(14-19)37-25(26(33)34)27(17-6-4-3-5-7-17)22-12-18(28)8-9-23(22)30(10-11-31)24(32)16-29-27/h3-9,12-15,25,29,31H,10-11,16H2,1-2H3,(H,33,34)/t25-,27+/m1/s1. The molecule has 10 heteroatoms. The highest BCUT2D eigenvalue weighted by Crippen LogP contribution is 2.43. The molecule has 37 heavy (non-hydrogen) atoms. The van der Waals surface area contributed by atoms with Gasteiger partial charge in [-0.25, -0.2) is 4.79 Å². The minimum atomic E-state index is -1.58. The van der Waals surface area contributed by atoms with Crippen LogP contribution in [0.15, 0.2) is 66.7 Å². The lowest BCUT2D eigenvalue weighted by Crippen LogP contribution is -2.58. The van der Waals surface area contributed by atoms with Crippen LogP contribution >= 0.6 is 11.6 Å². The Labute approximate surface area is 219 Å². The average molecular weight is 527 g/mol. The Kier molecular flexibility index (Phi) is 7.87. The highest BCUT2D eigenvalue weighted by atomic mass is 35.5. The molecule has 0 aromatic heterocycles. The zero-order valence-electron chi connectivity index (χ0n) is 20.3. The van der Waals surface area contributed by atoms with Crippen molar-refractivity contribution in [2.45, 2.75) is 11.6 Å². The molecule has 0 fully saturated rings. The SMILES string of the molecule is COc1cc(OC)cc(O[C@H](C(=O)O)[C@@]2(c3ccccc3)NCC(=O)N(CCO)c3ccc(Cl)cc32)c1. The van der Waals surface area contributed by atoms with E-state index in [4.69, 9.17) is 25.8 Å². The van der Waals surface area contributed by atoms with E-state index in [1.54, 1.807) is 66.7 Å². The van der Waals surface area contributed by atoms with Crippen molar-refractivity contribution in [1.82, 2.24) is 5.32 Å². The van der Waals surface area contributed by atoms with Crippen molar-refractivity contribution >= 4 is 29.2 Å². The van der Waals surface area contributed by atoms with Gasteiger partial charge in [-0.1, -0.05) is 41.9 Å². The zero-order valence-corrected chi connectivity index (χ0v) is 21.1. The number of β-amino-alcohol motifs (C(OH)–C–C–N with tert-alkyl or cyclic N) is 1. The average Bonchev–Trinajstić information content (AvgIpc) is 3.02. The number of carbonyl (C=O) groups excluding carboxylic acids is 1. The van der Waals surface area contributed by atoms with Gasteiger partial charge in [-0.05, 0) is 23.8 Å². The third-order valence-electron chi connectivity index (χ3n) is 6.24. The van der Waals surface area contributed by atoms with E-state index in [1.807, 2.05) is 0 Å². The number of ether oxygens (including phenoxy) is 3. The molecule has 194 valence electrons. The van der Waals surface area contributed by atoms with Gasteiger partial charge in [0.1, 0.15) is 22.8 Å². The van der Waals surface area contributed by atoms with E-state index in [1.165, 1.54) is 19.1 Å². The van der Waals surface area contributed by atoms with Crippen LogP contribution in [0.4, 0.5) is 5.69 Å². The van der Waals surface area contributed by atoms with E-state index in [-0.39, 0.29) is 31.4 Å². The Morgan fingerprint density at radius 1 is 1.05 bits per heavy atom. The molecule has 9 nitrogen and oxygen atoms in total. The van der Waals surface area contributed by atoms with Crippen LogP contribution in [0, 0.1) is 0 Å². The van der Waals surface area contributed by atoms with Gasteiger partial charge in [-0.2, -0.15) is 0 Å². The van der Waals surface area contributed by atoms with Gasteiger partial charge >= 0.3 is 5.97 Å². The second kappa shape index (κ2) is 11.1. The summed E-state index contributed by atoms with van der Waals surface area (Å²) in [4.78, 5) is 27.6. The Hall–Kier alpha value is -3.79. The van der Waals surface area contributed by atoms with Crippen LogP contribution in [-0.2, 0) is 15.1 Å². The Bertz CT molecular complexity index is 1260. The maximum Gasteiger partial charge on any atom is 0.347 e. The summed E-state index contributed by atoms with van der Waals surface area (Å²) >= 11 is 6.43. The van der Waals surface area contributed by atoms with Crippen LogP contribution in [0.2, 0.25) is 5.02 Å². The number of aliphatic hydroxyl groups is 1. The number of nitrogens with zero attached hydrogens (tertiary/aromatic N) is 1. The molecule has 3 aromatic carbocycles. The summed E-state index contributed by atoms with van der Waals surface area (Å²) in [6.07, 6.45) is -1.58. The van der Waals surface area contributed by atoms with Crippen molar-refractivity contribution in [3.63, 3.8) is 0 Å². The molecule has 0 radical (unpaired) electrons. The largest absolute Gasteiger partial charge is 0.496 e. The molecule has 0 saturated heterocycles. The molecule has 0 aliphatic carbocycles. The summed E-state index contributed by atoms with van der Waals surface area (Å²) in [6, 6.07) is 18.5. The molecular weight excluding hydrogens is 500 g/mol. The van der Waals surface area contributed by atoms with Crippen molar-refractivity contribution in [3.05, 3.63) is 82.9 Å². The molecule has 1 heterocycles. The molecule has 1 aliphatic heterocycles. The van der Waals surface area contributed by atoms with E-state index < -0.39 is 17.6 Å². The fourth-order valence-electron chi connectivity index (χ4n) is 4.60. The smallest absolute Gasteiger partial charge is 0.347 e. The summed E-state index contributed by atoms with van der Waals surface area (Å²) in [7, 11) is 2.95. The number of hydrogen-bond acceptors (Lipinski definition) is 7. The molecule has 0 bridgehead atoms. The summed E-state index contributed by atoms with van der Waals surface area (Å²) in [6.45, 7) is -0.490. The van der Waals surface area contributed by atoms with Gasteiger partial charge < -0.3 is 29.3 Å². The lowest BCUT2D eigenvalue weighted by Gasteiger charge is -2.40. The van der Waals surface area contributed by atoms with Gasteiger partial charge in [-0.15, -0.1) is 0 Å². The van der Waals surface area contributed by atoms with Gasteiger partial charge in [0.05, 0.1) is 27.4 Å². The minimum absolute atomic E-state index is 0.0195. The van der Waals surface area contributed by atoms with Gasteiger partial charge in [0.15, 0.2) is 0 Å². The summed E-state index contributed by atoms with van der Waals surface area (Å²) in [5, 5.41) is 23.8. The van der Waals surface area contributed by atoms with Crippen LogP contribution in [0.1, 0.15) is 11.1 Å². The highest BCUT2D eigenvalue weighted by Gasteiger charge is 2.52. The van der Waals surface area contributed by atoms with Crippen LogP contribution in [0.25, 0.3) is 0 Å². The number of anilines is 1. The van der Waals surface area contributed by atoms with Crippen molar-refractivity contribution in [3.8, 4) is 17.2 Å². The number of halogens is 1. The zero-order chi connectivity index (χ0) is 26.6. The Balaban J connectivity index is 2.00. The monoisotopic (exact) mass is 526 g/mol. The first-order valence-electron chi connectivity index (χ1n) is 11.5. The normalized spacial score (nSPS) is 17.9. The summed E-state index contributed by atoms with van der Waals surface area (Å²) in [5.41, 5.74) is -0.202.